The number of rotatable bonds is 3. The van der Waals surface area contributed by atoms with E-state index in [-0.39, 0.29) is 9.92 Å². The van der Waals surface area contributed by atoms with Crippen LogP contribution in [0.3, 0.4) is 0 Å². The number of likely N-dealkylation sites (N-methyl/N-ethyl adjacent to an activating group) is 1. The van der Waals surface area contributed by atoms with Gasteiger partial charge in [0.15, 0.2) is 0 Å². The van der Waals surface area contributed by atoms with Gasteiger partial charge in [-0.2, -0.15) is 0 Å². The van der Waals surface area contributed by atoms with E-state index in [2.05, 4.69) is 4.72 Å². The van der Waals surface area contributed by atoms with Gasteiger partial charge in [-0.3, -0.25) is 4.72 Å². The normalized spacial score (nSPS) is 14.1. The van der Waals surface area contributed by atoms with Crippen LogP contribution in [0.1, 0.15) is 0 Å². The topological polar surface area (TPSA) is 58.6 Å². The number of benzene rings is 2. The fraction of sp³-hybridized carbons (Fsp3) is 0.200. The molecule has 0 spiro atoms. The number of nitrogens with one attached hydrogen (secondary N) is 1. The number of hydrogen-bond donors (Lipinski definition) is 1. The summed E-state index contributed by atoms with van der Waals surface area (Å²) in [6.07, 6.45) is 0. The number of anilines is 2. The van der Waals surface area contributed by atoms with Crippen molar-refractivity contribution in [1.82, 2.24) is 0 Å². The van der Waals surface area contributed by atoms with Gasteiger partial charge in [-0.15, -0.1) is 0 Å². The molecular weight excluding hydrogens is 359 g/mol. The first-order valence-electron chi connectivity index (χ1n) is 6.83. The molecule has 0 unspecified atom stereocenters. The van der Waals surface area contributed by atoms with Crippen LogP contribution in [0.2, 0.25) is 10.0 Å². The maximum atomic E-state index is 12.5. The van der Waals surface area contributed by atoms with Crippen molar-refractivity contribution in [3.05, 3.63) is 46.4 Å². The van der Waals surface area contributed by atoms with E-state index in [0.717, 1.165) is 5.69 Å². The van der Waals surface area contributed by atoms with Gasteiger partial charge in [0, 0.05) is 7.05 Å². The van der Waals surface area contributed by atoms with Gasteiger partial charge in [-0.25, -0.2) is 8.42 Å². The molecule has 0 atom stereocenters. The Hall–Kier alpha value is -1.63. The first-order chi connectivity index (χ1) is 10.9. The zero-order chi connectivity index (χ0) is 16.6. The lowest BCUT2D eigenvalue weighted by molar-refractivity contribution is 0.311. The molecule has 1 heterocycles. The van der Waals surface area contributed by atoms with E-state index in [1.54, 1.807) is 18.2 Å². The largest absolute Gasteiger partial charge is 0.490 e. The Morgan fingerprint density at radius 1 is 1.13 bits per heavy atom. The van der Waals surface area contributed by atoms with Gasteiger partial charge in [0.25, 0.3) is 10.0 Å². The standard InChI is InChI=1S/C15H14Cl2N2O3S/c1-19-6-7-22-15-5-3-11(9-14(15)19)23(20,21)18-10-2-4-12(16)13(17)8-10/h2-5,8-9,18H,6-7H2,1H3. The molecule has 2 aromatic rings. The first-order valence-corrected chi connectivity index (χ1v) is 9.06. The summed E-state index contributed by atoms with van der Waals surface area (Å²) < 4.78 is 33.1. The van der Waals surface area contributed by atoms with Crippen LogP contribution in [0.15, 0.2) is 41.3 Å². The number of sulfonamides is 1. The zero-order valence-electron chi connectivity index (χ0n) is 12.2. The Kier molecular flexibility index (Phi) is 4.31. The van der Waals surface area contributed by atoms with Crippen molar-refractivity contribution in [2.75, 3.05) is 29.8 Å². The molecule has 0 saturated heterocycles. The number of hydrogen-bond acceptors (Lipinski definition) is 4. The Morgan fingerprint density at radius 3 is 2.65 bits per heavy atom. The minimum atomic E-state index is -3.73. The number of nitrogens with zero attached hydrogens (tertiary/aromatic N) is 1. The molecule has 0 saturated carbocycles. The molecule has 2 aromatic carbocycles. The van der Waals surface area contributed by atoms with Crippen molar-refractivity contribution < 1.29 is 13.2 Å². The second kappa shape index (κ2) is 6.11. The highest BCUT2D eigenvalue weighted by Crippen LogP contribution is 2.33. The van der Waals surface area contributed by atoms with Crippen LogP contribution in [-0.4, -0.2) is 28.6 Å². The summed E-state index contributed by atoms with van der Waals surface area (Å²) in [5, 5.41) is 0.646. The van der Waals surface area contributed by atoms with Crippen molar-refractivity contribution in [1.29, 1.82) is 0 Å². The molecule has 3 rings (SSSR count). The van der Waals surface area contributed by atoms with Crippen LogP contribution in [0.5, 0.6) is 5.75 Å². The lowest BCUT2D eigenvalue weighted by Gasteiger charge is -2.28. The Labute approximate surface area is 144 Å². The monoisotopic (exact) mass is 372 g/mol. The zero-order valence-corrected chi connectivity index (χ0v) is 14.5. The smallest absolute Gasteiger partial charge is 0.261 e. The third kappa shape index (κ3) is 3.34. The summed E-state index contributed by atoms with van der Waals surface area (Å²) in [7, 11) is -1.84. The highest BCUT2D eigenvalue weighted by Gasteiger charge is 2.21. The fourth-order valence-corrected chi connectivity index (χ4v) is 3.64. The molecule has 1 aliphatic rings. The minimum absolute atomic E-state index is 0.152. The summed E-state index contributed by atoms with van der Waals surface area (Å²) >= 11 is 11.7. The summed E-state index contributed by atoms with van der Waals surface area (Å²) in [6.45, 7) is 1.29. The van der Waals surface area contributed by atoms with Crippen molar-refractivity contribution in [2.45, 2.75) is 4.90 Å². The van der Waals surface area contributed by atoms with Crippen molar-refractivity contribution >= 4 is 44.6 Å². The van der Waals surface area contributed by atoms with Gasteiger partial charge >= 0.3 is 0 Å². The van der Waals surface area contributed by atoms with E-state index in [1.807, 2.05) is 11.9 Å². The Morgan fingerprint density at radius 2 is 1.91 bits per heavy atom. The van der Waals surface area contributed by atoms with E-state index in [0.29, 0.717) is 29.6 Å². The molecule has 0 aromatic heterocycles. The molecule has 0 fully saturated rings. The molecule has 23 heavy (non-hydrogen) atoms. The Balaban J connectivity index is 1.93. The third-order valence-corrected chi connectivity index (χ3v) is 5.63. The molecule has 0 bridgehead atoms. The number of ether oxygens (including phenoxy) is 1. The molecule has 1 aliphatic heterocycles. The molecule has 0 amide bonds. The van der Waals surface area contributed by atoms with Gasteiger partial charge in [0.2, 0.25) is 0 Å². The lowest BCUT2D eigenvalue weighted by Crippen LogP contribution is -2.29. The van der Waals surface area contributed by atoms with Crippen LogP contribution >= 0.6 is 23.2 Å². The predicted molar refractivity (Wildman–Crippen MR) is 92.5 cm³/mol. The highest BCUT2D eigenvalue weighted by atomic mass is 35.5. The van der Waals surface area contributed by atoms with Crippen LogP contribution < -0.4 is 14.4 Å². The lowest BCUT2D eigenvalue weighted by atomic mass is 10.2. The minimum Gasteiger partial charge on any atom is -0.490 e. The molecule has 8 heteroatoms. The number of halogens is 2. The Bertz CT molecular complexity index is 856. The fourth-order valence-electron chi connectivity index (χ4n) is 2.27. The van der Waals surface area contributed by atoms with E-state index in [1.165, 1.54) is 18.2 Å². The summed E-state index contributed by atoms with van der Waals surface area (Å²) in [5.74, 6) is 0.673. The van der Waals surface area contributed by atoms with Gasteiger partial charge in [-0.05, 0) is 36.4 Å². The van der Waals surface area contributed by atoms with Gasteiger partial charge in [-0.1, -0.05) is 23.2 Å². The van der Waals surface area contributed by atoms with Gasteiger partial charge in [0.05, 0.1) is 32.9 Å². The van der Waals surface area contributed by atoms with E-state index < -0.39 is 10.0 Å². The summed E-state index contributed by atoms with van der Waals surface area (Å²) in [5.41, 5.74) is 1.09. The molecule has 122 valence electrons. The molecule has 0 aliphatic carbocycles. The van der Waals surface area contributed by atoms with Crippen LogP contribution in [0.25, 0.3) is 0 Å². The van der Waals surface area contributed by atoms with E-state index >= 15 is 0 Å². The van der Waals surface area contributed by atoms with Crippen LogP contribution in [-0.2, 0) is 10.0 Å². The maximum Gasteiger partial charge on any atom is 0.261 e. The average molecular weight is 373 g/mol. The van der Waals surface area contributed by atoms with Crippen molar-refractivity contribution in [3.8, 4) is 5.75 Å². The average Bonchev–Trinajstić information content (AvgIpc) is 2.51. The van der Waals surface area contributed by atoms with Crippen LogP contribution in [0.4, 0.5) is 11.4 Å². The van der Waals surface area contributed by atoms with Gasteiger partial charge < -0.3 is 9.64 Å². The molecule has 1 N–H and O–H groups in total. The number of fused-ring (bicyclic) bond motifs is 1. The molecule has 0 radical (unpaired) electrons. The third-order valence-electron chi connectivity index (χ3n) is 3.51. The van der Waals surface area contributed by atoms with Crippen molar-refractivity contribution in [2.24, 2.45) is 0 Å². The first kappa shape index (κ1) is 16.2. The highest BCUT2D eigenvalue weighted by molar-refractivity contribution is 7.92. The maximum absolute atomic E-state index is 12.5. The van der Waals surface area contributed by atoms with Crippen LogP contribution in [0, 0.1) is 0 Å². The quantitative estimate of drug-likeness (QED) is 0.893. The van der Waals surface area contributed by atoms with Crippen molar-refractivity contribution in [3.63, 3.8) is 0 Å². The summed E-state index contributed by atoms with van der Waals surface area (Å²) in [6, 6.07) is 9.32. The molecular formula is C15H14Cl2N2O3S. The second-order valence-electron chi connectivity index (χ2n) is 5.13. The SMILES string of the molecule is CN1CCOc2ccc(S(=O)(=O)Nc3ccc(Cl)c(Cl)c3)cc21. The predicted octanol–water partition coefficient (Wildman–Crippen LogP) is 3.62. The van der Waals surface area contributed by atoms with Gasteiger partial charge in [0.1, 0.15) is 12.4 Å². The summed E-state index contributed by atoms with van der Waals surface area (Å²) in [4.78, 5) is 2.11. The molecule has 5 nitrogen and oxygen atoms in total. The second-order valence-corrected chi connectivity index (χ2v) is 7.63. The van der Waals surface area contributed by atoms with E-state index in [9.17, 15) is 8.42 Å². The van der Waals surface area contributed by atoms with E-state index in [4.69, 9.17) is 27.9 Å².